The quantitative estimate of drug-likeness (QED) is 0.842. The lowest BCUT2D eigenvalue weighted by atomic mass is 9.48. The molecule has 1 unspecified atom stereocenters. The molecule has 1 atom stereocenters. The molecule has 0 radical (unpaired) electrons. The van der Waals surface area contributed by atoms with Crippen LogP contribution in [0.2, 0.25) is 0 Å². The van der Waals surface area contributed by atoms with Crippen molar-refractivity contribution in [2.75, 3.05) is 12.8 Å². The van der Waals surface area contributed by atoms with E-state index >= 15 is 0 Å². The van der Waals surface area contributed by atoms with E-state index in [0.29, 0.717) is 11.5 Å². The minimum Gasteiger partial charge on any atom is -0.440 e. The minimum atomic E-state index is 0.559. The van der Waals surface area contributed by atoms with Crippen molar-refractivity contribution in [3.63, 3.8) is 0 Å². The van der Waals surface area contributed by atoms with E-state index < -0.39 is 0 Å². The largest absolute Gasteiger partial charge is 0.440 e. The Bertz CT molecular complexity index is 424. The van der Waals surface area contributed by atoms with Crippen LogP contribution in [0.1, 0.15) is 38.5 Å². The average Bonchev–Trinajstić information content (AvgIpc) is 2.90. The summed E-state index contributed by atoms with van der Waals surface area (Å²) in [6.45, 7) is 0. The molecule has 4 saturated carbocycles. The normalized spacial score (nSPS) is 40.1. The molecule has 1 N–H and O–H groups in total. The summed E-state index contributed by atoms with van der Waals surface area (Å²) in [7, 11) is 2.14. The van der Waals surface area contributed by atoms with Gasteiger partial charge in [-0.05, 0) is 68.7 Å². The monoisotopic (exact) mass is 292 g/mol. The summed E-state index contributed by atoms with van der Waals surface area (Å²) in [4.78, 5) is 4.24. The van der Waals surface area contributed by atoms with Crippen molar-refractivity contribution in [1.82, 2.24) is 10.3 Å². The van der Waals surface area contributed by atoms with E-state index in [2.05, 4.69) is 17.3 Å². The molecule has 4 heteroatoms. The van der Waals surface area contributed by atoms with Crippen LogP contribution in [0.5, 0.6) is 0 Å². The Labute approximate surface area is 125 Å². The lowest BCUT2D eigenvalue weighted by Gasteiger charge is -2.59. The molecule has 3 nitrogen and oxygen atoms in total. The van der Waals surface area contributed by atoms with Gasteiger partial charge in [0.05, 0.1) is 6.20 Å². The fourth-order valence-electron chi connectivity index (χ4n) is 5.61. The molecule has 0 aliphatic heterocycles. The van der Waals surface area contributed by atoms with Gasteiger partial charge in [0.25, 0.3) is 5.22 Å². The number of nitrogens with one attached hydrogen (secondary N) is 1. The highest BCUT2D eigenvalue weighted by atomic mass is 32.2. The van der Waals surface area contributed by atoms with Gasteiger partial charge in [0, 0.05) is 11.8 Å². The van der Waals surface area contributed by atoms with Gasteiger partial charge >= 0.3 is 0 Å². The zero-order valence-electron chi connectivity index (χ0n) is 12.2. The second-order valence-electron chi connectivity index (χ2n) is 7.23. The fourth-order valence-corrected chi connectivity index (χ4v) is 6.70. The summed E-state index contributed by atoms with van der Waals surface area (Å²) in [6, 6.07) is 0.604. The van der Waals surface area contributed by atoms with Gasteiger partial charge in [-0.15, -0.1) is 0 Å². The predicted molar refractivity (Wildman–Crippen MR) is 80.7 cm³/mol. The molecule has 20 heavy (non-hydrogen) atoms. The number of oxazole rings is 1. The lowest BCUT2D eigenvalue weighted by Crippen LogP contribution is -2.56. The first kappa shape index (κ1) is 13.2. The number of hydrogen-bond acceptors (Lipinski definition) is 4. The van der Waals surface area contributed by atoms with Gasteiger partial charge < -0.3 is 9.73 Å². The van der Waals surface area contributed by atoms with Crippen LogP contribution in [0.3, 0.4) is 0 Å². The Morgan fingerprint density at radius 2 is 1.95 bits per heavy atom. The Morgan fingerprint density at radius 1 is 1.30 bits per heavy atom. The topological polar surface area (TPSA) is 38.1 Å². The predicted octanol–water partition coefficient (Wildman–Crippen LogP) is 3.57. The summed E-state index contributed by atoms with van der Waals surface area (Å²) < 4.78 is 5.37. The first-order chi connectivity index (χ1) is 9.77. The smallest absolute Gasteiger partial charge is 0.255 e. The molecule has 1 aromatic rings. The maximum absolute atomic E-state index is 5.37. The van der Waals surface area contributed by atoms with E-state index in [9.17, 15) is 0 Å². The lowest BCUT2D eigenvalue weighted by molar-refractivity contribution is -0.0682. The molecule has 0 amide bonds. The highest BCUT2D eigenvalue weighted by Crippen LogP contribution is 2.61. The standard InChI is InChI=1S/C16H24N2OS/c1-17-14(10-20-15-18-2-3-19-15)16-7-11-4-12(8-16)6-13(5-11)9-16/h2-3,11-14,17H,4-10H2,1H3. The number of rotatable bonds is 5. The van der Waals surface area contributed by atoms with E-state index in [-0.39, 0.29) is 0 Å². The van der Waals surface area contributed by atoms with Crippen LogP contribution in [0.15, 0.2) is 22.1 Å². The zero-order chi connectivity index (χ0) is 13.6. The van der Waals surface area contributed by atoms with Gasteiger partial charge in [-0.25, -0.2) is 4.98 Å². The molecule has 4 bridgehead atoms. The highest BCUT2D eigenvalue weighted by molar-refractivity contribution is 7.99. The molecule has 110 valence electrons. The van der Waals surface area contributed by atoms with Crippen LogP contribution in [-0.4, -0.2) is 23.8 Å². The summed E-state index contributed by atoms with van der Waals surface area (Å²) in [5.41, 5.74) is 0.559. The van der Waals surface area contributed by atoms with Crippen molar-refractivity contribution in [1.29, 1.82) is 0 Å². The van der Waals surface area contributed by atoms with Gasteiger partial charge in [-0.2, -0.15) is 0 Å². The summed E-state index contributed by atoms with van der Waals surface area (Å²) in [5, 5.41) is 4.45. The maximum atomic E-state index is 5.37. The van der Waals surface area contributed by atoms with E-state index in [4.69, 9.17) is 4.42 Å². The molecule has 4 aliphatic carbocycles. The van der Waals surface area contributed by atoms with Crippen molar-refractivity contribution < 1.29 is 4.42 Å². The van der Waals surface area contributed by atoms with Gasteiger partial charge in [-0.1, -0.05) is 11.8 Å². The van der Waals surface area contributed by atoms with Gasteiger partial charge in [-0.3, -0.25) is 0 Å². The van der Waals surface area contributed by atoms with E-state index in [1.165, 1.54) is 38.5 Å². The molecule has 0 spiro atoms. The Kier molecular flexibility index (Phi) is 3.34. The van der Waals surface area contributed by atoms with Gasteiger partial charge in [0.15, 0.2) is 0 Å². The molecular formula is C16H24N2OS. The third kappa shape index (κ3) is 2.21. The molecular weight excluding hydrogens is 268 g/mol. The van der Waals surface area contributed by atoms with E-state index in [0.717, 1.165) is 28.7 Å². The van der Waals surface area contributed by atoms with Crippen molar-refractivity contribution in [2.24, 2.45) is 23.2 Å². The Balaban J connectivity index is 1.49. The number of thioether (sulfide) groups is 1. The maximum Gasteiger partial charge on any atom is 0.255 e. The third-order valence-electron chi connectivity index (χ3n) is 5.96. The molecule has 1 heterocycles. The molecule has 4 aliphatic rings. The summed E-state index contributed by atoms with van der Waals surface area (Å²) in [6.07, 6.45) is 12.3. The number of aromatic nitrogens is 1. The fraction of sp³-hybridized carbons (Fsp3) is 0.812. The summed E-state index contributed by atoms with van der Waals surface area (Å²) in [5.74, 6) is 4.14. The second kappa shape index (κ2) is 5.06. The molecule has 5 rings (SSSR count). The molecule has 0 saturated heterocycles. The molecule has 1 aromatic heterocycles. The minimum absolute atomic E-state index is 0.559. The number of hydrogen-bond donors (Lipinski definition) is 1. The first-order valence-electron chi connectivity index (χ1n) is 7.97. The van der Waals surface area contributed by atoms with E-state index in [1.807, 2.05) is 0 Å². The Morgan fingerprint density at radius 3 is 2.45 bits per heavy atom. The van der Waals surface area contributed by atoms with E-state index in [1.54, 1.807) is 24.2 Å². The van der Waals surface area contributed by atoms with Gasteiger partial charge in [0.1, 0.15) is 6.26 Å². The van der Waals surface area contributed by atoms with Crippen molar-refractivity contribution in [3.05, 3.63) is 12.5 Å². The van der Waals surface area contributed by atoms with Crippen LogP contribution in [0.4, 0.5) is 0 Å². The highest BCUT2D eigenvalue weighted by Gasteiger charge is 2.53. The zero-order valence-corrected chi connectivity index (χ0v) is 13.0. The van der Waals surface area contributed by atoms with Crippen LogP contribution >= 0.6 is 11.8 Å². The van der Waals surface area contributed by atoms with Crippen molar-refractivity contribution in [2.45, 2.75) is 49.8 Å². The summed E-state index contributed by atoms with van der Waals surface area (Å²) >= 11 is 1.77. The van der Waals surface area contributed by atoms with Crippen molar-refractivity contribution in [3.8, 4) is 0 Å². The number of nitrogens with zero attached hydrogens (tertiary/aromatic N) is 1. The van der Waals surface area contributed by atoms with Gasteiger partial charge in [0.2, 0.25) is 0 Å². The molecule has 4 fully saturated rings. The van der Waals surface area contributed by atoms with Crippen LogP contribution in [-0.2, 0) is 0 Å². The SMILES string of the molecule is CNC(CSc1ncco1)C12CC3CC(CC(C3)C1)C2. The second-order valence-corrected chi connectivity index (χ2v) is 8.20. The third-order valence-corrected chi connectivity index (χ3v) is 6.90. The van der Waals surface area contributed by atoms with Crippen LogP contribution in [0, 0.1) is 23.2 Å². The van der Waals surface area contributed by atoms with Crippen LogP contribution < -0.4 is 5.32 Å². The Hall–Kier alpha value is -0.480. The molecule has 0 aromatic carbocycles. The van der Waals surface area contributed by atoms with Crippen LogP contribution in [0.25, 0.3) is 0 Å². The van der Waals surface area contributed by atoms with Crippen molar-refractivity contribution >= 4 is 11.8 Å². The average molecular weight is 292 g/mol. The first-order valence-corrected chi connectivity index (χ1v) is 8.95.